The normalized spacial score (nSPS) is 23.6. The van der Waals surface area contributed by atoms with Gasteiger partial charge in [-0.05, 0) is 30.9 Å². The van der Waals surface area contributed by atoms with Crippen LogP contribution in [0.2, 0.25) is 0 Å². The minimum absolute atomic E-state index is 0.00562. The summed E-state index contributed by atoms with van der Waals surface area (Å²) in [4.78, 5) is 26.8. The van der Waals surface area contributed by atoms with Gasteiger partial charge in [-0.25, -0.2) is 14.5 Å². The summed E-state index contributed by atoms with van der Waals surface area (Å²) in [5.74, 6) is -2.04. The van der Waals surface area contributed by atoms with Crippen LogP contribution in [0.15, 0.2) is 36.7 Å². The molecule has 0 spiro atoms. The van der Waals surface area contributed by atoms with Crippen LogP contribution >= 0.6 is 6.64 Å². The summed E-state index contributed by atoms with van der Waals surface area (Å²) in [6.45, 7) is -0.552. The number of ether oxygens (including phenoxy) is 2. The van der Waals surface area contributed by atoms with Gasteiger partial charge >= 0.3 is 12.6 Å². The highest BCUT2D eigenvalue weighted by molar-refractivity contribution is 8.09. The molecule has 206 valence electrons. The Balaban J connectivity index is 1.55. The minimum atomic E-state index is -3.42. The molecule has 0 saturated carbocycles. The van der Waals surface area contributed by atoms with Crippen molar-refractivity contribution in [2.75, 3.05) is 38.4 Å². The third kappa shape index (κ3) is 6.05. The van der Waals surface area contributed by atoms with Gasteiger partial charge in [-0.1, -0.05) is 25.1 Å². The number of methoxy groups -OCH3 is 1. The van der Waals surface area contributed by atoms with E-state index < -0.39 is 37.3 Å². The Morgan fingerprint density at radius 2 is 2.11 bits per heavy atom. The highest BCUT2D eigenvalue weighted by atomic mass is 32.5. The van der Waals surface area contributed by atoms with Gasteiger partial charge in [0, 0.05) is 26.4 Å². The van der Waals surface area contributed by atoms with Gasteiger partial charge in [0.25, 0.3) is 0 Å². The first kappa shape index (κ1) is 28.1. The van der Waals surface area contributed by atoms with E-state index in [1.807, 2.05) is 27.1 Å². The number of aromatic nitrogens is 4. The van der Waals surface area contributed by atoms with E-state index in [1.54, 1.807) is 40.7 Å². The molecule has 3 aromatic rings. The number of esters is 1. The first-order chi connectivity index (χ1) is 17.9. The molecule has 2 aromatic heterocycles. The molecule has 0 unspecified atom stereocenters. The number of para-hydroxylation sites is 1. The summed E-state index contributed by atoms with van der Waals surface area (Å²) in [6.07, 6.45) is 0.793. The van der Waals surface area contributed by atoms with E-state index in [2.05, 4.69) is 20.0 Å². The lowest BCUT2D eigenvalue weighted by Gasteiger charge is -2.29. The van der Waals surface area contributed by atoms with E-state index in [-0.39, 0.29) is 18.3 Å². The van der Waals surface area contributed by atoms with Gasteiger partial charge in [-0.15, -0.1) is 0 Å². The summed E-state index contributed by atoms with van der Waals surface area (Å²) >= 11 is 5.64. The fraction of sp³-hybridized carbons (Fsp3) is 0.478. The van der Waals surface area contributed by atoms with Crippen LogP contribution in [0.5, 0.6) is 5.75 Å². The monoisotopic (exact) mass is 567 g/mol. The molecular weight excluding hydrogens is 536 g/mol. The highest BCUT2D eigenvalue weighted by Crippen LogP contribution is 2.49. The zero-order valence-electron chi connectivity index (χ0n) is 21.7. The fourth-order valence-electron chi connectivity index (χ4n) is 4.16. The van der Waals surface area contributed by atoms with E-state index in [9.17, 15) is 4.79 Å². The summed E-state index contributed by atoms with van der Waals surface area (Å²) in [6, 6.07) is 7.85. The van der Waals surface area contributed by atoms with Crippen molar-refractivity contribution in [1.29, 1.82) is 0 Å². The Kier molecular flexibility index (Phi) is 8.19. The molecule has 15 heteroatoms. The predicted octanol–water partition coefficient (Wildman–Crippen LogP) is 3.17. The number of nitrogens with two attached hydrogens (primary N) is 1. The van der Waals surface area contributed by atoms with Gasteiger partial charge in [-0.3, -0.25) is 9.36 Å². The number of nitrogens with one attached hydrogen (secondary N) is 1. The molecule has 0 bridgehead atoms. The number of nitrogen functional groups attached to an aromatic ring is 1. The molecule has 12 nitrogen and oxygen atoms in total. The number of hydrogen-bond donors (Lipinski definition) is 2. The molecule has 1 aromatic carbocycles. The lowest BCUT2D eigenvalue weighted by Crippen LogP contribution is -2.36. The molecule has 0 amide bonds. The largest absolute Gasteiger partial charge is 0.468 e. The van der Waals surface area contributed by atoms with Crippen molar-refractivity contribution in [2.45, 2.75) is 38.4 Å². The molecule has 38 heavy (non-hydrogen) atoms. The zero-order chi connectivity index (χ0) is 27.7. The van der Waals surface area contributed by atoms with Crippen LogP contribution in [0, 0.1) is 5.92 Å². The SMILES string of the molecule is COC(=O)[C@@H](C)N[P@@](=S)(OC[C@]1(F)C[C@H](C)[C@H](n2cnc3c(N(C)C)nc(N)nc32)O1)Oc1ccccc1. The van der Waals surface area contributed by atoms with Crippen LogP contribution in [-0.4, -0.2) is 65.2 Å². The number of halogens is 1. The van der Waals surface area contributed by atoms with Crippen LogP contribution in [-0.2, 0) is 30.6 Å². The van der Waals surface area contributed by atoms with Crippen LogP contribution in [0.3, 0.4) is 0 Å². The number of alkyl halides is 1. The summed E-state index contributed by atoms with van der Waals surface area (Å²) < 4.78 is 40.2. The maximum absolute atomic E-state index is 16.1. The molecule has 0 radical (unpaired) electrons. The van der Waals surface area contributed by atoms with E-state index in [0.717, 1.165) is 0 Å². The topological polar surface area (TPSA) is 139 Å². The second-order valence-corrected chi connectivity index (χ2v) is 12.4. The molecule has 4 rings (SSSR count). The molecule has 5 atom stereocenters. The first-order valence-corrected chi connectivity index (χ1v) is 14.5. The van der Waals surface area contributed by atoms with Gasteiger partial charge in [0.05, 0.1) is 13.4 Å². The second-order valence-electron chi connectivity index (χ2n) is 9.25. The van der Waals surface area contributed by atoms with Crippen molar-refractivity contribution in [3.8, 4) is 5.75 Å². The molecule has 3 heterocycles. The number of rotatable bonds is 10. The van der Waals surface area contributed by atoms with Gasteiger partial charge in [-0.2, -0.15) is 9.97 Å². The van der Waals surface area contributed by atoms with E-state index in [0.29, 0.717) is 22.7 Å². The van der Waals surface area contributed by atoms with Gasteiger partial charge < -0.3 is 29.2 Å². The summed E-state index contributed by atoms with van der Waals surface area (Å²) in [5, 5.41) is 2.86. The smallest absolute Gasteiger partial charge is 0.323 e. The molecule has 1 fully saturated rings. The van der Waals surface area contributed by atoms with Crippen molar-refractivity contribution in [3.63, 3.8) is 0 Å². The van der Waals surface area contributed by atoms with E-state index in [1.165, 1.54) is 13.4 Å². The molecular formula is C23H31FN7O5PS. The number of nitrogens with zero attached hydrogens (tertiary/aromatic N) is 5. The Morgan fingerprint density at radius 3 is 2.76 bits per heavy atom. The Hall–Kier alpha value is -2.90. The fourth-order valence-corrected chi connectivity index (χ4v) is 6.57. The third-order valence-electron chi connectivity index (χ3n) is 5.89. The van der Waals surface area contributed by atoms with Gasteiger partial charge in [0.1, 0.15) is 24.6 Å². The van der Waals surface area contributed by atoms with Crippen molar-refractivity contribution in [3.05, 3.63) is 36.7 Å². The quantitative estimate of drug-likeness (QED) is 0.275. The Morgan fingerprint density at radius 1 is 1.39 bits per heavy atom. The van der Waals surface area contributed by atoms with Crippen molar-refractivity contribution >= 4 is 47.3 Å². The maximum Gasteiger partial charge on any atom is 0.323 e. The van der Waals surface area contributed by atoms with E-state index in [4.69, 9.17) is 36.1 Å². The average molecular weight is 568 g/mol. The highest BCUT2D eigenvalue weighted by Gasteiger charge is 2.48. The van der Waals surface area contributed by atoms with Crippen molar-refractivity contribution in [1.82, 2.24) is 24.6 Å². The first-order valence-electron chi connectivity index (χ1n) is 11.8. The summed E-state index contributed by atoms with van der Waals surface area (Å²) in [7, 11) is 4.89. The van der Waals surface area contributed by atoms with Crippen molar-refractivity contribution < 1.29 is 27.7 Å². The van der Waals surface area contributed by atoms with Gasteiger partial charge in [0.2, 0.25) is 11.8 Å². The van der Waals surface area contributed by atoms with Gasteiger partial charge in [0.15, 0.2) is 17.0 Å². The molecule has 1 aliphatic rings. The van der Waals surface area contributed by atoms with Crippen LogP contribution in [0.4, 0.5) is 16.2 Å². The molecule has 0 aliphatic carbocycles. The Labute approximate surface area is 224 Å². The minimum Gasteiger partial charge on any atom is -0.468 e. The number of benzene rings is 1. The van der Waals surface area contributed by atoms with Crippen LogP contribution in [0.25, 0.3) is 11.2 Å². The number of carbonyl (C=O) groups excluding carboxylic acids is 1. The average Bonchev–Trinajstić information content (AvgIpc) is 3.42. The number of anilines is 2. The third-order valence-corrected chi connectivity index (χ3v) is 8.37. The molecule has 3 N–H and O–H groups in total. The van der Waals surface area contributed by atoms with Crippen LogP contribution in [0.1, 0.15) is 26.5 Å². The van der Waals surface area contributed by atoms with E-state index >= 15 is 4.39 Å². The van der Waals surface area contributed by atoms with Crippen LogP contribution < -0.4 is 20.2 Å². The standard InChI is InChI=1S/C23H31FN7O5PS/c1-14-11-23(24,35-20(14)31-13-26-17-18(30(3)4)27-22(25)28-19(17)31)12-34-37(38,29-15(2)21(32)33-5)36-16-9-7-6-8-10-16/h6-10,13-15,20H,11-12H2,1-5H3,(H,29,38)(H2,25,27,28)/t14-,15+,20+,23-,37+/m0/s1. The molecule has 1 aliphatic heterocycles. The molecule has 1 saturated heterocycles. The zero-order valence-corrected chi connectivity index (χ0v) is 23.4. The van der Waals surface area contributed by atoms with Crippen molar-refractivity contribution in [2.24, 2.45) is 5.92 Å². The maximum atomic E-state index is 16.1. The lowest BCUT2D eigenvalue weighted by molar-refractivity contribution is -0.172. The second kappa shape index (κ2) is 11.1. The lowest BCUT2D eigenvalue weighted by atomic mass is 10.1. The summed E-state index contributed by atoms with van der Waals surface area (Å²) in [5.41, 5.74) is 6.86. The number of carbonyl (C=O) groups is 1. The number of fused-ring (bicyclic) bond motifs is 1. The number of imidazole rings is 1. The number of hydrogen-bond acceptors (Lipinski definition) is 11. The predicted molar refractivity (Wildman–Crippen MR) is 144 cm³/mol. The Bertz CT molecular complexity index is 1350.